The molecule has 1 aliphatic carbocycles. The van der Waals surface area contributed by atoms with E-state index in [4.69, 9.17) is 16.3 Å². The van der Waals surface area contributed by atoms with Crippen molar-refractivity contribution in [3.05, 3.63) is 34.6 Å². The Morgan fingerprint density at radius 3 is 2.70 bits per heavy atom. The molecule has 1 N–H and O–H groups in total. The normalized spacial score (nSPS) is 16.1. The third kappa shape index (κ3) is 6.14. The summed E-state index contributed by atoms with van der Waals surface area (Å²) >= 11 is 7.46. The summed E-state index contributed by atoms with van der Waals surface area (Å²) in [4.78, 5) is 12.4. The Balaban J connectivity index is 1.59. The number of aromatic nitrogens is 3. The summed E-state index contributed by atoms with van der Waals surface area (Å²) in [6.07, 6.45) is 6.87. The molecule has 1 saturated carbocycles. The van der Waals surface area contributed by atoms with Gasteiger partial charge in [0.05, 0.1) is 5.75 Å². The number of benzene rings is 1. The number of carbonyl (C=O) groups is 1. The molecule has 0 radical (unpaired) electrons. The quantitative estimate of drug-likeness (QED) is 0.434. The second kappa shape index (κ2) is 11.0. The van der Waals surface area contributed by atoms with Crippen molar-refractivity contribution in [3.8, 4) is 5.75 Å². The predicted molar refractivity (Wildman–Crippen MR) is 121 cm³/mol. The summed E-state index contributed by atoms with van der Waals surface area (Å²) in [6.45, 7) is 6.68. The highest BCUT2D eigenvalue weighted by Gasteiger charge is 2.21. The third-order valence-electron chi connectivity index (χ3n) is 5.42. The maximum absolute atomic E-state index is 12.4. The van der Waals surface area contributed by atoms with Crippen molar-refractivity contribution < 1.29 is 9.53 Å². The van der Waals surface area contributed by atoms with Crippen LogP contribution < -0.4 is 10.1 Å². The van der Waals surface area contributed by atoms with Gasteiger partial charge in [-0.15, -0.1) is 10.2 Å². The summed E-state index contributed by atoms with van der Waals surface area (Å²) in [5, 5.41) is 13.3. The van der Waals surface area contributed by atoms with E-state index in [9.17, 15) is 4.79 Å². The first-order valence-corrected chi connectivity index (χ1v) is 12.1. The van der Waals surface area contributed by atoms with Crippen molar-refractivity contribution in [1.82, 2.24) is 20.1 Å². The van der Waals surface area contributed by atoms with Gasteiger partial charge in [0.2, 0.25) is 5.91 Å². The number of rotatable bonds is 8. The second-order valence-corrected chi connectivity index (χ2v) is 9.18. The van der Waals surface area contributed by atoms with Gasteiger partial charge in [0.15, 0.2) is 17.1 Å². The predicted octanol–water partition coefficient (Wildman–Crippen LogP) is 5.33. The molecule has 1 unspecified atom stereocenters. The zero-order chi connectivity index (χ0) is 21.5. The topological polar surface area (TPSA) is 69.0 Å². The highest BCUT2D eigenvalue weighted by Crippen LogP contribution is 2.28. The Hall–Kier alpha value is -1.73. The number of ether oxygens (including phenoxy) is 1. The van der Waals surface area contributed by atoms with Gasteiger partial charge < -0.3 is 14.6 Å². The van der Waals surface area contributed by atoms with E-state index in [1.807, 2.05) is 43.5 Å². The number of amides is 1. The van der Waals surface area contributed by atoms with Gasteiger partial charge in [0.1, 0.15) is 5.75 Å². The van der Waals surface area contributed by atoms with E-state index in [2.05, 4.69) is 15.5 Å². The first kappa shape index (κ1) is 22.9. The number of halogens is 1. The van der Waals surface area contributed by atoms with Crippen molar-refractivity contribution in [2.45, 2.75) is 83.1 Å². The van der Waals surface area contributed by atoms with E-state index in [-0.39, 0.29) is 12.0 Å². The Labute approximate surface area is 188 Å². The number of hydrogen-bond acceptors (Lipinski definition) is 5. The molecule has 0 bridgehead atoms. The fraction of sp³-hybridized carbons (Fsp3) is 0.591. The van der Waals surface area contributed by atoms with Crippen molar-refractivity contribution in [2.24, 2.45) is 0 Å². The van der Waals surface area contributed by atoms with E-state index in [1.165, 1.54) is 37.4 Å². The van der Waals surface area contributed by atoms with E-state index in [0.29, 0.717) is 23.4 Å². The summed E-state index contributed by atoms with van der Waals surface area (Å²) in [5.41, 5.74) is 0.974. The number of hydrogen-bond donors (Lipinski definition) is 1. The minimum absolute atomic E-state index is 0.0696. The summed E-state index contributed by atoms with van der Waals surface area (Å²) < 4.78 is 8.12. The van der Waals surface area contributed by atoms with Gasteiger partial charge in [-0.1, -0.05) is 49.0 Å². The van der Waals surface area contributed by atoms with E-state index >= 15 is 0 Å². The number of nitrogens with one attached hydrogen (secondary N) is 1. The largest absolute Gasteiger partial charge is 0.482 e. The van der Waals surface area contributed by atoms with Crippen LogP contribution in [0.15, 0.2) is 23.4 Å². The average Bonchev–Trinajstić information content (AvgIpc) is 2.96. The first-order chi connectivity index (χ1) is 14.5. The maximum atomic E-state index is 12.4. The standard InChI is InChI=1S/C22H31ClN4O2S/c1-4-27-21(16(3)29-19-12-11-17(23)13-15(19)2)25-26-22(27)30-14-20(28)24-18-9-7-5-6-8-10-18/h11-13,16,18H,4-10,14H2,1-3H3,(H,24,28). The lowest BCUT2D eigenvalue weighted by molar-refractivity contribution is -0.119. The SMILES string of the molecule is CCn1c(SCC(=O)NC2CCCCCC2)nnc1C(C)Oc1ccc(Cl)cc1C. The minimum Gasteiger partial charge on any atom is -0.482 e. The zero-order valence-corrected chi connectivity index (χ0v) is 19.6. The number of nitrogens with zero attached hydrogens (tertiary/aromatic N) is 3. The molecule has 1 fully saturated rings. The molecule has 1 heterocycles. The molecular weight excluding hydrogens is 420 g/mol. The average molecular weight is 451 g/mol. The molecule has 1 aliphatic rings. The first-order valence-electron chi connectivity index (χ1n) is 10.8. The number of carbonyl (C=O) groups excluding carboxylic acids is 1. The molecule has 0 saturated heterocycles. The van der Waals surface area contributed by atoms with Gasteiger partial charge >= 0.3 is 0 Å². The molecule has 164 valence electrons. The van der Waals surface area contributed by atoms with Gasteiger partial charge in [0.25, 0.3) is 0 Å². The molecule has 0 aliphatic heterocycles. The van der Waals surface area contributed by atoms with Gasteiger partial charge in [-0.2, -0.15) is 0 Å². The Kier molecular flexibility index (Phi) is 8.45. The number of thioether (sulfide) groups is 1. The van der Waals surface area contributed by atoms with Crippen LogP contribution in [0.4, 0.5) is 0 Å². The molecule has 6 nitrogen and oxygen atoms in total. The molecule has 1 aromatic heterocycles. The summed E-state index contributed by atoms with van der Waals surface area (Å²) in [5.74, 6) is 1.94. The van der Waals surface area contributed by atoms with Crippen LogP contribution in [0.2, 0.25) is 5.02 Å². The van der Waals surface area contributed by atoms with Crippen LogP contribution in [0.5, 0.6) is 5.75 Å². The molecule has 3 rings (SSSR count). The highest BCUT2D eigenvalue weighted by atomic mass is 35.5. The lowest BCUT2D eigenvalue weighted by Gasteiger charge is -2.17. The maximum Gasteiger partial charge on any atom is 0.230 e. The monoisotopic (exact) mass is 450 g/mol. The summed E-state index contributed by atoms with van der Waals surface area (Å²) in [7, 11) is 0. The summed E-state index contributed by atoms with van der Waals surface area (Å²) in [6, 6.07) is 5.88. The lowest BCUT2D eigenvalue weighted by atomic mass is 10.1. The van der Waals surface area contributed by atoms with Gasteiger partial charge in [-0.05, 0) is 57.4 Å². The molecule has 0 spiro atoms. The van der Waals surface area contributed by atoms with Crippen LogP contribution in [0.1, 0.15) is 69.9 Å². The van der Waals surface area contributed by atoms with Crippen molar-refractivity contribution >= 4 is 29.3 Å². The smallest absolute Gasteiger partial charge is 0.230 e. The van der Waals surface area contributed by atoms with Crippen molar-refractivity contribution in [1.29, 1.82) is 0 Å². The molecule has 1 amide bonds. The number of aryl methyl sites for hydroxylation is 1. The molecule has 8 heteroatoms. The van der Waals surface area contributed by atoms with Crippen molar-refractivity contribution in [2.75, 3.05) is 5.75 Å². The van der Waals surface area contributed by atoms with Crippen LogP contribution in [-0.2, 0) is 11.3 Å². The lowest BCUT2D eigenvalue weighted by Crippen LogP contribution is -2.35. The van der Waals surface area contributed by atoms with E-state index in [1.54, 1.807) is 0 Å². The zero-order valence-electron chi connectivity index (χ0n) is 18.0. The Bertz CT molecular complexity index is 850. The molecule has 1 atom stereocenters. The van der Waals surface area contributed by atoms with Gasteiger partial charge in [-0.3, -0.25) is 4.79 Å². The Morgan fingerprint density at radius 2 is 2.03 bits per heavy atom. The second-order valence-electron chi connectivity index (χ2n) is 7.80. The fourth-order valence-corrected chi connectivity index (χ4v) is 4.86. The van der Waals surface area contributed by atoms with Crippen LogP contribution in [0.25, 0.3) is 0 Å². The van der Waals surface area contributed by atoms with Gasteiger partial charge in [-0.25, -0.2) is 0 Å². The minimum atomic E-state index is -0.272. The van der Waals surface area contributed by atoms with Gasteiger partial charge in [0, 0.05) is 17.6 Å². The molecule has 1 aromatic carbocycles. The van der Waals surface area contributed by atoms with Crippen LogP contribution in [-0.4, -0.2) is 32.5 Å². The third-order valence-corrected chi connectivity index (χ3v) is 6.62. The van der Waals surface area contributed by atoms with E-state index < -0.39 is 0 Å². The molecular formula is C22H31ClN4O2S. The fourth-order valence-electron chi connectivity index (χ4n) is 3.82. The van der Waals surface area contributed by atoms with Crippen molar-refractivity contribution in [3.63, 3.8) is 0 Å². The molecule has 30 heavy (non-hydrogen) atoms. The Morgan fingerprint density at radius 1 is 1.30 bits per heavy atom. The molecule has 2 aromatic rings. The van der Waals surface area contributed by atoms with Crippen LogP contribution >= 0.6 is 23.4 Å². The van der Waals surface area contributed by atoms with Crippen LogP contribution in [0.3, 0.4) is 0 Å². The highest BCUT2D eigenvalue weighted by molar-refractivity contribution is 7.99. The van der Waals surface area contributed by atoms with E-state index in [0.717, 1.165) is 35.1 Å². The van der Waals surface area contributed by atoms with Crippen LogP contribution in [0, 0.1) is 6.92 Å².